The molecule has 4 amide bonds. The number of aryl methyl sites for hydroxylation is 1. The van der Waals surface area contributed by atoms with E-state index in [1.807, 2.05) is 19.1 Å². The third kappa shape index (κ3) is 7.39. The van der Waals surface area contributed by atoms with Crippen molar-refractivity contribution in [2.45, 2.75) is 6.92 Å². The number of imide groups is 1. The second-order valence-corrected chi connectivity index (χ2v) is 9.43. The molecular formula is C28H22FN3O6S. The summed E-state index contributed by atoms with van der Waals surface area (Å²) in [4.78, 5) is 62.5. The number of nitrogens with zero attached hydrogens (tertiary/aromatic N) is 1. The molecule has 3 aromatic carbocycles. The van der Waals surface area contributed by atoms with Crippen molar-refractivity contribution in [1.29, 1.82) is 0 Å². The first-order valence-electron chi connectivity index (χ1n) is 11.6. The zero-order chi connectivity index (χ0) is 27.9. The van der Waals surface area contributed by atoms with Gasteiger partial charge in [0.05, 0.1) is 10.5 Å². The van der Waals surface area contributed by atoms with E-state index in [9.17, 15) is 28.4 Å². The maximum atomic E-state index is 13.0. The average Bonchev–Trinajstić information content (AvgIpc) is 3.17. The summed E-state index contributed by atoms with van der Waals surface area (Å²) in [5.74, 6) is -2.89. The Kier molecular flexibility index (Phi) is 8.52. The summed E-state index contributed by atoms with van der Waals surface area (Å²) in [5, 5.41) is 4.53. The van der Waals surface area contributed by atoms with Crippen LogP contribution >= 0.6 is 11.8 Å². The molecule has 1 aliphatic rings. The van der Waals surface area contributed by atoms with Crippen LogP contribution in [0.2, 0.25) is 0 Å². The van der Waals surface area contributed by atoms with Crippen LogP contribution in [0.5, 0.6) is 0 Å². The minimum Gasteiger partial charge on any atom is -0.452 e. The molecule has 1 aliphatic heterocycles. The third-order valence-electron chi connectivity index (χ3n) is 5.42. The van der Waals surface area contributed by atoms with E-state index in [-0.39, 0.29) is 10.5 Å². The highest BCUT2D eigenvalue weighted by molar-refractivity contribution is 8.18. The molecule has 0 atom stereocenters. The van der Waals surface area contributed by atoms with Crippen LogP contribution in [0.15, 0.2) is 77.7 Å². The summed E-state index contributed by atoms with van der Waals surface area (Å²) in [5.41, 5.74) is 2.69. The summed E-state index contributed by atoms with van der Waals surface area (Å²) in [6, 6.07) is 18.3. The number of carbonyl (C=O) groups excluding carboxylic acids is 5. The van der Waals surface area contributed by atoms with Crippen LogP contribution in [0.4, 0.5) is 20.6 Å². The van der Waals surface area contributed by atoms with Crippen molar-refractivity contribution >= 4 is 58.1 Å². The van der Waals surface area contributed by atoms with Gasteiger partial charge in [0.15, 0.2) is 6.61 Å². The maximum Gasteiger partial charge on any atom is 0.338 e. The van der Waals surface area contributed by atoms with Gasteiger partial charge in [-0.2, -0.15) is 0 Å². The molecule has 0 spiro atoms. The van der Waals surface area contributed by atoms with E-state index in [1.165, 1.54) is 42.5 Å². The molecule has 1 saturated heterocycles. The first kappa shape index (κ1) is 27.3. The largest absolute Gasteiger partial charge is 0.452 e. The molecule has 4 rings (SSSR count). The minimum absolute atomic E-state index is 0.109. The smallest absolute Gasteiger partial charge is 0.338 e. The Labute approximate surface area is 227 Å². The van der Waals surface area contributed by atoms with E-state index in [0.717, 1.165) is 10.5 Å². The Balaban J connectivity index is 1.30. The van der Waals surface area contributed by atoms with Crippen molar-refractivity contribution < 1.29 is 33.1 Å². The van der Waals surface area contributed by atoms with E-state index in [1.54, 1.807) is 24.3 Å². The van der Waals surface area contributed by atoms with Crippen LogP contribution < -0.4 is 10.6 Å². The summed E-state index contributed by atoms with van der Waals surface area (Å²) in [7, 11) is 0. The predicted molar refractivity (Wildman–Crippen MR) is 144 cm³/mol. The fraction of sp³-hybridized carbons (Fsp3) is 0.107. The van der Waals surface area contributed by atoms with Gasteiger partial charge in [0.2, 0.25) is 5.91 Å². The number of rotatable bonds is 8. The Hall–Kier alpha value is -4.77. The number of hydrogen-bond donors (Lipinski definition) is 2. The second kappa shape index (κ2) is 12.2. The van der Waals surface area contributed by atoms with Crippen LogP contribution in [0.3, 0.4) is 0 Å². The molecule has 0 radical (unpaired) electrons. The van der Waals surface area contributed by atoms with Crippen LogP contribution in [0.25, 0.3) is 6.08 Å². The zero-order valence-corrected chi connectivity index (χ0v) is 21.4. The van der Waals surface area contributed by atoms with Gasteiger partial charge in [-0.25, -0.2) is 9.18 Å². The Morgan fingerprint density at radius 2 is 1.46 bits per heavy atom. The van der Waals surface area contributed by atoms with Gasteiger partial charge in [-0.05, 0) is 78.9 Å². The molecule has 1 heterocycles. The molecule has 0 bridgehead atoms. The number of nitrogens with one attached hydrogen (secondary N) is 2. The van der Waals surface area contributed by atoms with E-state index < -0.39 is 47.9 Å². The number of carbonyl (C=O) groups is 5. The lowest BCUT2D eigenvalue weighted by Crippen LogP contribution is -2.36. The monoisotopic (exact) mass is 547 g/mol. The molecule has 0 saturated carbocycles. The summed E-state index contributed by atoms with van der Waals surface area (Å²) in [6.07, 6.45) is 1.47. The number of benzene rings is 3. The average molecular weight is 548 g/mol. The summed E-state index contributed by atoms with van der Waals surface area (Å²) >= 11 is 0.683. The molecule has 1 fully saturated rings. The molecule has 9 nitrogen and oxygen atoms in total. The van der Waals surface area contributed by atoms with Crippen molar-refractivity contribution in [3.8, 4) is 0 Å². The molecule has 198 valence electrons. The van der Waals surface area contributed by atoms with Gasteiger partial charge in [0.1, 0.15) is 12.4 Å². The van der Waals surface area contributed by atoms with Crippen LogP contribution in [0, 0.1) is 12.7 Å². The molecule has 0 aliphatic carbocycles. The second-order valence-electron chi connectivity index (χ2n) is 8.44. The number of esters is 1. The third-order valence-corrected chi connectivity index (χ3v) is 6.32. The highest BCUT2D eigenvalue weighted by Gasteiger charge is 2.36. The van der Waals surface area contributed by atoms with E-state index in [0.29, 0.717) is 28.7 Å². The predicted octanol–water partition coefficient (Wildman–Crippen LogP) is 4.60. The van der Waals surface area contributed by atoms with Crippen molar-refractivity contribution in [2.75, 3.05) is 23.8 Å². The van der Waals surface area contributed by atoms with Crippen LogP contribution in [-0.2, 0) is 19.1 Å². The summed E-state index contributed by atoms with van der Waals surface area (Å²) in [6.45, 7) is 0.964. The molecule has 2 N–H and O–H groups in total. The first-order chi connectivity index (χ1) is 18.7. The molecule has 0 aromatic heterocycles. The number of halogens is 1. The quantitative estimate of drug-likeness (QED) is 0.312. The Bertz CT molecular complexity index is 1450. The van der Waals surface area contributed by atoms with Gasteiger partial charge in [0.25, 0.3) is 17.1 Å². The van der Waals surface area contributed by atoms with Gasteiger partial charge in [0, 0.05) is 11.4 Å². The van der Waals surface area contributed by atoms with Gasteiger partial charge >= 0.3 is 5.97 Å². The number of hydrogen-bond acceptors (Lipinski definition) is 7. The number of amides is 4. The Morgan fingerprint density at radius 3 is 2.10 bits per heavy atom. The van der Waals surface area contributed by atoms with Gasteiger partial charge in [-0.15, -0.1) is 0 Å². The molecule has 39 heavy (non-hydrogen) atoms. The van der Waals surface area contributed by atoms with E-state index in [4.69, 9.17) is 4.74 Å². The molecule has 11 heteroatoms. The standard InChI is InChI=1S/C28H22FN3O6S/c1-17-2-10-21(11-3-17)31-25(34)16-38-27(36)19-6-4-18(5-7-19)14-23-26(35)32(28(37)39-23)15-24(33)30-22-12-8-20(29)9-13-22/h2-14H,15-16H2,1H3,(H,30,33)(H,31,34)/b23-14-. The summed E-state index contributed by atoms with van der Waals surface area (Å²) < 4.78 is 18.1. The first-order valence-corrected chi connectivity index (χ1v) is 12.4. The highest BCUT2D eigenvalue weighted by Crippen LogP contribution is 2.32. The van der Waals surface area contributed by atoms with Gasteiger partial charge in [-0.1, -0.05) is 29.8 Å². The van der Waals surface area contributed by atoms with Crippen molar-refractivity contribution in [3.63, 3.8) is 0 Å². The van der Waals surface area contributed by atoms with Gasteiger partial charge < -0.3 is 15.4 Å². The highest BCUT2D eigenvalue weighted by atomic mass is 32.2. The lowest BCUT2D eigenvalue weighted by molar-refractivity contribution is -0.127. The zero-order valence-electron chi connectivity index (χ0n) is 20.6. The molecule has 0 unspecified atom stereocenters. The lowest BCUT2D eigenvalue weighted by atomic mass is 10.1. The SMILES string of the molecule is Cc1ccc(NC(=O)COC(=O)c2ccc(/C=C3\SC(=O)N(CC(=O)Nc4ccc(F)cc4)C3=O)cc2)cc1. The van der Waals surface area contributed by atoms with Crippen molar-refractivity contribution in [3.05, 3.63) is 100 Å². The topological polar surface area (TPSA) is 122 Å². The van der Waals surface area contributed by atoms with Crippen LogP contribution in [0.1, 0.15) is 21.5 Å². The van der Waals surface area contributed by atoms with Crippen molar-refractivity contribution in [2.24, 2.45) is 0 Å². The maximum absolute atomic E-state index is 13.0. The van der Waals surface area contributed by atoms with Crippen LogP contribution in [-0.4, -0.2) is 47.0 Å². The normalized spacial score (nSPS) is 13.9. The fourth-order valence-corrected chi connectivity index (χ4v) is 4.27. The lowest BCUT2D eigenvalue weighted by Gasteiger charge is -2.12. The Morgan fingerprint density at radius 1 is 0.872 bits per heavy atom. The number of anilines is 2. The fourth-order valence-electron chi connectivity index (χ4n) is 3.43. The minimum atomic E-state index is -0.701. The number of thioether (sulfide) groups is 1. The molecule has 3 aromatic rings. The number of ether oxygens (including phenoxy) is 1. The molecular weight excluding hydrogens is 525 g/mol. The van der Waals surface area contributed by atoms with Gasteiger partial charge in [-0.3, -0.25) is 24.1 Å². The van der Waals surface area contributed by atoms with E-state index in [2.05, 4.69) is 10.6 Å². The van der Waals surface area contributed by atoms with Crippen molar-refractivity contribution in [1.82, 2.24) is 4.90 Å². The van der Waals surface area contributed by atoms with E-state index >= 15 is 0 Å².